The Morgan fingerprint density at radius 3 is 2.87 bits per heavy atom. The third-order valence-corrected chi connectivity index (χ3v) is 2.82. The van der Waals surface area contributed by atoms with Crippen molar-refractivity contribution >= 4 is 5.91 Å². The van der Waals surface area contributed by atoms with Crippen LogP contribution in [0, 0.1) is 5.92 Å². The summed E-state index contributed by atoms with van der Waals surface area (Å²) in [5.41, 5.74) is 2.14. The second-order valence-electron chi connectivity index (χ2n) is 4.18. The van der Waals surface area contributed by atoms with E-state index in [0.29, 0.717) is 6.61 Å². The Balaban J connectivity index is 2.05. The van der Waals surface area contributed by atoms with Gasteiger partial charge in [0, 0.05) is 13.2 Å². The third-order valence-electron chi connectivity index (χ3n) is 2.82. The predicted octanol–water partition coefficient (Wildman–Crippen LogP) is -0.277. The minimum absolute atomic E-state index is 0.167. The van der Waals surface area contributed by atoms with E-state index in [9.17, 15) is 4.79 Å². The minimum Gasteiger partial charge on any atom is -0.380 e. The minimum atomic E-state index is -0.209. The van der Waals surface area contributed by atoms with Crippen LogP contribution in [0.4, 0.5) is 0 Å². The van der Waals surface area contributed by atoms with Gasteiger partial charge in [-0.1, -0.05) is 0 Å². The average Bonchev–Trinajstić information content (AvgIpc) is 3.05. The van der Waals surface area contributed by atoms with Crippen molar-refractivity contribution in [3.05, 3.63) is 0 Å². The zero-order valence-corrected chi connectivity index (χ0v) is 9.53. The molecule has 1 saturated carbocycles. The lowest BCUT2D eigenvalue weighted by atomic mass is 10.3. The first-order chi connectivity index (χ1) is 7.15. The van der Waals surface area contributed by atoms with Gasteiger partial charge in [0.15, 0.2) is 0 Å². The number of hydrogen-bond acceptors (Lipinski definition) is 4. The van der Waals surface area contributed by atoms with Crippen LogP contribution in [-0.2, 0) is 9.53 Å². The van der Waals surface area contributed by atoms with Crippen LogP contribution in [0.25, 0.3) is 0 Å². The molecule has 1 amide bonds. The van der Waals surface area contributed by atoms with E-state index in [4.69, 9.17) is 10.6 Å². The standard InChI is InChI=1S/C10H21N3O2/c1-8(10(14)12-11)13(2)5-6-15-7-9-3-4-9/h8-9H,3-7,11H2,1-2H3,(H,12,14). The third kappa shape index (κ3) is 4.59. The highest BCUT2D eigenvalue weighted by Gasteiger charge is 2.21. The molecule has 0 heterocycles. The van der Waals surface area contributed by atoms with Gasteiger partial charge in [-0.15, -0.1) is 0 Å². The van der Waals surface area contributed by atoms with E-state index in [1.165, 1.54) is 12.8 Å². The Hall–Kier alpha value is -0.650. The molecule has 0 aromatic rings. The Bertz CT molecular complexity index is 207. The molecule has 3 N–H and O–H groups in total. The van der Waals surface area contributed by atoms with E-state index in [0.717, 1.165) is 19.1 Å². The molecule has 0 spiro atoms. The number of ether oxygens (including phenoxy) is 1. The first-order valence-electron chi connectivity index (χ1n) is 5.43. The number of nitrogens with zero attached hydrogens (tertiary/aromatic N) is 1. The van der Waals surface area contributed by atoms with Gasteiger partial charge in [0.2, 0.25) is 0 Å². The summed E-state index contributed by atoms with van der Waals surface area (Å²) in [5, 5.41) is 0. The van der Waals surface area contributed by atoms with E-state index in [-0.39, 0.29) is 11.9 Å². The van der Waals surface area contributed by atoms with Crippen LogP contribution in [0.15, 0.2) is 0 Å². The number of hydrogen-bond donors (Lipinski definition) is 2. The van der Waals surface area contributed by atoms with Crippen molar-refractivity contribution in [1.29, 1.82) is 0 Å². The summed E-state index contributed by atoms with van der Waals surface area (Å²) < 4.78 is 5.49. The maximum absolute atomic E-state index is 11.2. The molecular formula is C10H21N3O2. The largest absolute Gasteiger partial charge is 0.380 e. The first kappa shape index (κ1) is 12.4. The molecule has 15 heavy (non-hydrogen) atoms. The number of hydrazine groups is 1. The lowest BCUT2D eigenvalue weighted by molar-refractivity contribution is -0.125. The molecule has 0 saturated heterocycles. The van der Waals surface area contributed by atoms with E-state index in [2.05, 4.69) is 5.43 Å². The molecule has 1 unspecified atom stereocenters. The second kappa shape index (κ2) is 6.05. The molecule has 0 aliphatic heterocycles. The molecular weight excluding hydrogens is 194 g/mol. The van der Waals surface area contributed by atoms with Crippen molar-refractivity contribution in [2.75, 3.05) is 26.8 Å². The molecule has 0 bridgehead atoms. The van der Waals surface area contributed by atoms with Crippen LogP contribution in [0.5, 0.6) is 0 Å². The van der Waals surface area contributed by atoms with Crippen molar-refractivity contribution in [3.63, 3.8) is 0 Å². The van der Waals surface area contributed by atoms with Crippen LogP contribution in [0.3, 0.4) is 0 Å². The lowest BCUT2D eigenvalue weighted by Crippen LogP contribution is -2.46. The van der Waals surface area contributed by atoms with Crippen molar-refractivity contribution < 1.29 is 9.53 Å². The maximum Gasteiger partial charge on any atom is 0.250 e. The van der Waals surface area contributed by atoms with E-state index in [1.807, 2.05) is 18.9 Å². The Morgan fingerprint density at radius 1 is 1.67 bits per heavy atom. The number of nitrogens with one attached hydrogen (secondary N) is 1. The van der Waals surface area contributed by atoms with E-state index < -0.39 is 0 Å². The van der Waals surface area contributed by atoms with Gasteiger partial charge in [0.1, 0.15) is 0 Å². The van der Waals surface area contributed by atoms with Gasteiger partial charge in [-0.2, -0.15) is 0 Å². The molecule has 1 aliphatic carbocycles. The smallest absolute Gasteiger partial charge is 0.250 e. The number of likely N-dealkylation sites (N-methyl/N-ethyl adjacent to an activating group) is 1. The van der Waals surface area contributed by atoms with Crippen LogP contribution in [-0.4, -0.2) is 43.7 Å². The highest BCUT2D eigenvalue weighted by Crippen LogP contribution is 2.28. The molecule has 0 aromatic heterocycles. The van der Waals surface area contributed by atoms with Gasteiger partial charge in [-0.25, -0.2) is 5.84 Å². The molecule has 0 radical (unpaired) electrons. The highest BCUT2D eigenvalue weighted by molar-refractivity contribution is 5.80. The summed E-state index contributed by atoms with van der Waals surface area (Å²) in [6, 6.07) is -0.209. The second-order valence-corrected chi connectivity index (χ2v) is 4.18. The van der Waals surface area contributed by atoms with Crippen LogP contribution in [0.2, 0.25) is 0 Å². The number of nitrogens with two attached hydrogens (primary N) is 1. The monoisotopic (exact) mass is 215 g/mol. The molecule has 1 aliphatic rings. The lowest BCUT2D eigenvalue weighted by Gasteiger charge is -2.22. The molecule has 0 aromatic carbocycles. The van der Waals surface area contributed by atoms with Gasteiger partial charge in [0.05, 0.1) is 12.6 Å². The van der Waals surface area contributed by atoms with Crippen LogP contribution in [0.1, 0.15) is 19.8 Å². The number of carbonyl (C=O) groups excluding carboxylic acids is 1. The van der Waals surface area contributed by atoms with Gasteiger partial charge in [-0.3, -0.25) is 15.1 Å². The molecule has 88 valence electrons. The first-order valence-corrected chi connectivity index (χ1v) is 5.43. The summed E-state index contributed by atoms with van der Waals surface area (Å²) in [4.78, 5) is 13.1. The zero-order valence-electron chi connectivity index (χ0n) is 9.53. The van der Waals surface area contributed by atoms with Crippen LogP contribution >= 0.6 is 0 Å². The normalized spacial score (nSPS) is 17.9. The molecule has 5 nitrogen and oxygen atoms in total. The Labute approximate surface area is 90.9 Å². The van der Waals surface area contributed by atoms with Crippen molar-refractivity contribution in [2.24, 2.45) is 11.8 Å². The fourth-order valence-electron chi connectivity index (χ4n) is 1.26. The summed E-state index contributed by atoms with van der Waals surface area (Å²) in [5.74, 6) is 5.68. The maximum atomic E-state index is 11.2. The molecule has 1 rings (SSSR count). The zero-order chi connectivity index (χ0) is 11.3. The number of rotatable bonds is 7. The number of carbonyl (C=O) groups is 1. The highest BCUT2D eigenvalue weighted by atomic mass is 16.5. The van der Waals surface area contributed by atoms with Gasteiger partial charge >= 0.3 is 0 Å². The quantitative estimate of drug-likeness (QED) is 0.265. The van der Waals surface area contributed by atoms with Crippen molar-refractivity contribution in [3.8, 4) is 0 Å². The van der Waals surface area contributed by atoms with Crippen molar-refractivity contribution in [1.82, 2.24) is 10.3 Å². The Kier molecular flexibility index (Phi) is 5.01. The van der Waals surface area contributed by atoms with E-state index >= 15 is 0 Å². The van der Waals surface area contributed by atoms with Gasteiger partial charge < -0.3 is 4.74 Å². The molecule has 1 fully saturated rings. The molecule has 5 heteroatoms. The average molecular weight is 215 g/mol. The van der Waals surface area contributed by atoms with Crippen molar-refractivity contribution in [2.45, 2.75) is 25.8 Å². The fraction of sp³-hybridized carbons (Fsp3) is 0.900. The van der Waals surface area contributed by atoms with Crippen LogP contribution < -0.4 is 11.3 Å². The summed E-state index contributed by atoms with van der Waals surface area (Å²) in [7, 11) is 1.89. The summed E-state index contributed by atoms with van der Waals surface area (Å²) >= 11 is 0. The molecule has 1 atom stereocenters. The number of amides is 1. The SMILES string of the molecule is CC(C(=O)NN)N(C)CCOCC1CC1. The Morgan fingerprint density at radius 2 is 2.33 bits per heavy atom. The summed E-state index contributed by atoms with van der Waals surface area (Å²) in [6.45, 7) is 4.12. The fourth-order valence-corrected chi connectivity index (χ4v) is 1.26. The summed E-state index contributed by atoms with van der Waals surface area (Å²) in [6.07, 6.45) is 2.61. The van der Waals surface area contributed by atoms with E-state index in [1.54, 1.807) is 0 Å². The topological polar surface area (TPSA) is 67.6 Å². The van der Waals surface area contributed by atoms with Gasteiger partial charge in [-0.05, 0) is 32.7 Å². The van der Waals surface area contributed by atoms with Gasteiger partial charge in [0.25, 0.3) is 5.91 Å². The predicted molar refractivity (Wildman–Crippen MR) is 58.0 cm³/mol.